The quantitative estimate of drug-likeness (QED) is 0.362. The molecule has 1 aromatic heterocycles. The summed E-state index contributed by atoms with van der Waals surface area (Å²) in [6.45, 7) is 7.91. The number of nitrogens with zero attached hydrogens (tertiary/aromatic N) is 2. The Labute approximate surface area is 169 Å². The van der Waals surface area contributed by atoms with Gasteiger partial charge in [0.05, 0.1) is 18.1 Å². The van der Waals surface area contributed by atoms with E-state index in [0.717, 1.165) is 22.4 Å². The van der Waals surface area contributed by atoms with Crippen LogP contribution in [0.25, 0.3) is 0 Å². The smallest absolute Gasteiger partial charge is 0.191 e. The summed E-state index contributed by atoms with van der Waals surface area (Å²) in [5.41, 5.74) is 0. The van der Waals surface area contributed by atoms with Gasteiger partial charge in [0.1, 0.15) is 17.7 Å². The molecule has 0 aliphatic heterocycles. The molecule has 2 N–H and O–H groups in total. The lowest BCUT2D eigenvalue weighted by molar-refractivity contribution is 0.223. The first-order valence-electron chi connectivity index (χ1n) is 7.92. The van der Waals surface area contributed by atoms with Crippen LogP contribution in [0.4, 0.5) is 4.39 Å². The highest BCUT2D eigenvalue weighted by Crippen LogP contribution is 2.13. The average Bonchev–Trinajstić information content (AvgIpc) is 2.98. The van der Waals surface area contributed by atoms with E-state index < -0.39 is 0 Å². The number of rotatable bonds is 7. The van der Waals surface area contributed by atoms with Gasteiger partial charge in [0.15, 0.2) is 5.96 Å². The molecule has 0 saturated heterocycles. The van der Waals surface area contributed by atoms with Gasteiger partial charge in [0.2, 0.25) is 0 Å². The number of thiazole rings is 1. The van der Waals surface area contributed by atoms with Crippen LogP contribution < -0.4 is 15.4 Å². The number of aryl methyl sites for hydroxylation is 1. The molecule has 0 spiro atoms. The van der Waals surface area contributed by atoms with Crippen LogP contribution in [-0.2, 0) is 6.54 Å². The van der Waals surface area contributed by atoms with E-state index in [2.05, 4.69) is 20.6 Å². The van der Waals surface area contributed by atoms with Gasteiger partial charge in [-0.1, -0.05) is 0 Å². The van der Waals surface area contributed by atoms with E-state index in [4.69, 9.17) is 4.74 Å². The molecule has 0 fully saturated rings. The van der Waals surface area contributed by atoms with Gasteiger partial charge >= 0.3 is 0 Å². The molecule has 0 saturated carbocycles. The Hall–Kier alpha value is -1.42. The Kier molecular flexibility index (Phi) is 9.73. The molecule has 138 valence electrons. The van der Waals surface area contributed by atoms with Crippen LogP contribution in [0, 0.1) is 12.7 Å². The molecule has 1 heterocycles. The van der Waals surface area contributed by atoms with Gasteiger partial charge < -0.3 is 15.4 Å². The molecule has 2 rings (SSSR count). The number of halogens is 2. The summed E-state index contributed by atoms with van der Waals surface area (Å²) in [6, 6.07) is 6.02. The molecular formula is C17H24FIN4OS. The molecule has 25 heavy (non-hydrogen) atoms. The third kappa shape index (κ3) is 8.00. The molecule has 1 aromatic carbocycles. The average molecular weight is 478 g/mol. The first kappa shape index (κ1) is 21.6. The van der Waals surface area contributed by atoms with Crippen LogP contribution >= 0.6 is 35.3 Å². The third-order valence-electron chi connectivity index (χ3n) is 3.11. The van der Waals surface area contributed by atoms with Crippen molar-refractivity contribution >= 4 is 41.3 Å². The zero-order valence-corrected chi connectivity index (χ0v) is 17.7. The van der Waals surface area contributed by atoms with Crippen LogP contribution in [-0.4, -0.2) is 30.1 Å². The number of hydrogen-bond acceptors (Lipinski definition) is 4. The lowest BCUT2D eigenvalue weighted by Gasteiger charge is -2.17. The molecule has 1 unspecified atom stereocenters. The van der Waals surface area contributed by atoms with Crippen molar-refractivity contribution in [1.29, 1.82) is 0 Å². The van der Waals surface area contributed by atoms with Crippen molar-refractivity contribution in [2.45, 2.75) is 33.4 Å². The Morgan fingerprint density at radius 2 is 2.04 bits per heavy atom. The summed E-state index contributed by atoms with van der Waals surface area (Å²) >= 11 is 1.65. The molecule has 2 aromatic rings. The van der Waals surface area contributed by atoms with Gasteiger partial charge in [-0.3, -0.25) is 0 Å². The summed E-state index contributed by atoms with van der Waals surface area (Å²) in [5.74, 6) is 1.11. The first-order chi connectivity index (χ1) is 11.6. The van der Waals surface area contributed by atoms with Gasteiger partial charge in [-0.25, -0.2) is 14.4 Å². The zero-order valence-electron chi connectivity index (χ0n) is 14.6. The van der Waals surface area contributed by atoms with Crippen molar-refractivity contribution in [2.24, 2.45) is 4.99 Å². The van der Waals surface area contributed by atoms with Crippen molar-refractivity contribution in [3.05, 3.63) is 46.2 Å². The fourth-order valence-corrected chi connectivity index (χ4v) is 2.72. The number of benzene rings is 1. The van der Waals surface area contributed by atoms with Crippen LogP contribution in [0.5, 0.6) is 5.75 Å². The lowest BCUT2D eigenvalue weighted by Crippen LogP contribution is -2.41. The second-order valence-corrected chi connectivity index (χ2v) is 6.62. The molecule has 0 amide bonds. The predicted octanol–water partition coefficient (Wildman–Crippen LogP) is 3.73. The molecule has 0 aliphatic carbocycles. The fraction of sp³-hybridized carbons (Fsp3) is 0.412. The Morgan fingerprint density at radius 1 is 1.32 bits per heavy atom. The molecule has 1 atom stereocenters. The second-order valence-electron chi connectivity index (χ2n) is 5.30. The van der Waals surface area contributed by atoms with Crippen molar-refractivity contribution < 1.29 is 9.13 Å². The summed E-state index contributed by atoms with van der Waals surface area (Å²) in [5, 5.41) is 7.50. The summed E-state index contributed by atoms with van der Waals surface area (Å²) in [7, 11) is 0. The molecule has 8 heteroatoms. The van der Waals surface area contributed by atoms with E-state index in [1.807, 2.05) is 27.0 Å². The van der Waals surface area contributed by atoms with Crippen molar-refractivity contribution in [1.82, 2.24) is 15.6 Å². The maximum absolute atomic E-state index is 12.9. The van der Waals surface area contributed by atoms with Crippen LogP contribution in [0.1, 0.15) is 23.7 Å². The topological polar surface area (TPSA) is 58.5 Å². The van der Waals surface area contributed by atoms with E-state index in [0.29, 0.717) is 18.8 Å². The maximum atomic E-state index is 12.9. The maximum Gasteiger partial charge on any atom is 0.191 e. The van der Waals surface area contributed by atoms with Crippen molar-refractivity contribution in [3.63, 3.8) is 0 Å². The summed E-state index contributed by atoms with van der Waals surface area (Å²) < 4.78 is 18.6. The minimum Gasteiger partial charge on any atom is -0.489 e. The van der Waals surface area contributed by atoms with Gasteiger partial charge in [0, 0.05) is 17.6 Å². The van der Waals surface area contributed by atoms with E-state index in [-0.39, 0.29) is 35.9 Å². The van der Waals surface area contributed by atoms with Crippen LogP contribution in [0.3, 0.4) is 0 Å². The largest absolute Gasteiger partial charge is 0.489 e. The minimum absolute atomic E-state index is 0. The zero-order chi connectivity index (χ0) is 17.4. The number of ether oxygens (including phenoxy) is 1. The molecule has 0 radical (unpaired) electrons. The summed E-state index contributed by atoms with van der Waals surface area (Å²) in [4.78, 5) is 9.90. The third-order valence-corrected chi connectivity index (χ3v) is 4.01. The predicted molar refractivity (Wildman–Crippen MR) is 112 cm³/mol. The Balaban J connectivity index is 0.00000312. The van der Waals surface area contributed by atoms with Crippen molar-refractivity contribution in [3.8, 4) is 5.75 Å². The van der Waals surface area contributed by atoms with Crippen LogP contribution in [0.15, 0.2) is 35.5 Å². The fourth-order valence-electron chi connectivity index (χ4n) is 2.00. The molecule has 5 nitrogen and oxygen atoms in total. The minimum atomic E-state index is -0.270. The second kappa shape index (κ2) is 11.2. The van der Waals surface area contributed by atoms with E-state index in [9.17, 15) is 4.39 Å². The number of aliphatic imine (C=N–C) groups is 1. The normalized spacial score (nSPS) is 12.2. The highest BCUT2D eigenvalue weighted by Gasteiger charge is 2.06. The summed E-state index contributed by atoms with van der Waals surface area (Å²) in [6.07, 6.45) is 1.78. The molecular weight excluding hydrogens is 454 g/mol. The van der Waals surface area contributed by atoms with Gasteiger partial charge in [-0.15, -0.1) is 35.3 Å². The number of guanidine groups is 1. The van der Waals surface area contributed by atoms with Gasteiger partial charge in [0.25, 0.3) is 0 Å². The SMILES string of the molecule is CCNC(=NCc1cnc(C)s1)NCC(C)Oc1ccc(F)cc1.I. The standard InChI is InChI=1S/C17H23FN4OS.HI/c1-4-19-17(22-11-16-10-20-13(3)24-16)21-9-12(2)23-15-7-5-14(18)6-8-15;/h5-8,10,12H,4,9,11H2,1-3H3,(H2,19,21,22);1H. The van der Waals surface area contributed by atoms with E-state index in [1.165, 1.54) is 12.1 Å². The number of aromatic nitrogens is 1. The molecule has 0 bridgehead atoms. The van der Waals surface area contributed by atoms with Gasteiger partial charge in [-0.2, -0.15) is 0 Å². The highest BCUT2D eigenvalue weighted by atomic mass is 127. The first-order valence-corrected chi connectivity index (χ1v) is 8.74. The van der Waals surface area contributed by atoms with E-state index >= 15 is 0 Å². The van der Waals surface area contributed by atoms with Crippen LogP contribution in [0.2, 0.25) is 0 Å². The number of hydrogen-bond donors (Lipinski definition) is 2. The lowest BCUT2D eigenvalue weighted by atomic mass is 10.3. The monoisotopic (exact) mass is 478 g/mol. The number of nitrogens with one attached hydrogen (secondary N) is 2. The highest BCUT2D eigenvalue weighted by molar-refractivity contribution is 14.0. The Bertz CT molecular complexity index is 663. The van der Waals surface area contributed by atoms with Crippen molar-refractivity contribution in [2.75, 3.05) is 13.1 Å². The van der Waals surface area contributed by atoms with E-state index in [1.54, 1.807) is 23.5 Å². The Morgan fingerprint density at radius 3 is 2.64 bits per heavy atom. The molecule has 0 aliphatic rings. The van der Waals surface area contributed by atoms with Gasteiger partial charge in [-0.05, 0) is 45.0 Å².